The van der Waals surface area contributed by atoms with E-state index in [0.29, 0.717) is 42.1 Å². The van der Waals surface area contributed by atoms with Gasteiger partial charge in [-0.25, -0.2) is 8.42 Å². The second-order valence-corrected chi connectivity index (χ2v) is 8.45. The van der Waals surface area contributed by atoms with E-state index in [1.807, 2.05) is 0 Å². The van der Waals surface area contributed by atoms with Gasteiger partial charge in [-0.15, -0.1) is 0 Å². The number of carbonyl (C=O) groups excluding carboxylic acids is 1. The van der Waals surface area contributed by atoms with Crippen LogP contribution in [0.5, 0.6) is 11.5 Å². The molecule has 8 heteroatoms. The summed E-state index contributed by atoms with van der Waals surface area (Å²) in [6, 6.07) is 11.2. The number of aryl methyl sites for hydroxylation is 1. The topological polar surface area (TPSA) is 84.9 Å². The first-order valence-corrected chi connectivity index (χ1v) is 10.4. The maximum absolute atomic E-state index is 13.3. The Morgan fingerprint density at radius 2 is 1.89 bits per heavy atom. The highest BCUT2D eigenvalue weighted by Crippen LogP contribution is 2.31. The molecule has 0 spiro atoms. The number of hydrogen-bond acceptors (Lipinski definition) is 5. The number of amides is 1. The van der Waals surface area contributed by atoms with E-state index in [4.69, 9.17) is 9.47 Å². The molecule has 2 aromatic rings. The van der Waals surface area contributed by atoms with Crippen LogP contribution in [0.15, 0.2) is 47.4 Å². The minimum atomic E-state index is -3.84. The van der Waals surface area contributed by atoms with Gasteiger partial charge in [0, 0.05) is 12.6 Å². The van der Waals surface area contributed by atoms with Crippen molar-refractivity contribution in [3.63, 3.8) is 0 Å². The van der Waals surface area contributed by atoms with Crippen molar-refractivity contribution in [3.05, 3.63) is 48.0 Å². The average Bonchev–Trinajstić information content (AvgIpc) is 3.19. The third kappa shape index (κ3) is 3.83. The minimum Gasteiger partial charge on any atom is -0.497 e. The predicted molar refractivity (Wildman–Crippen MR) is 106 cm³/mol. The summed E-state index contributed by atoms with van der Waals surface area (Å²) in [5.74, 6) is 0.608. The van der Waals surface area contributed by atoms with Crippen LogP contribution >= 0.6 is 0 Å². The number of nitrogens with zero attached hydrogens (tertiary/aromatic N) is 1. The molecule has 7 nitrogen and oxygen atoms in total. The fourth-order valence-corrected chi connectivity index (χ4v) is 5.26. The summed E-state index contributed by atoms with van der Waals surface area (Å²) >= 11 is 0. The third-order valence-corrected chi connectivity index (χ3v) is 6.90. The van der Waals surface area contributed by atoms with E-state index in [1.54, 1.807) is 43.3 Å². The standard InChI is InChI=1S/C20H24N2O5S/c1-14-10-11-15(26-2)13-19(14)28(24,25)22-12-6-8-17(22)20(23)21-16-7-4-5-9-18(16)27-3/h4-5,7,9-11,13,17H,6,8,12H2,1-3H3,(H,21,23)/t17-/m1/s1. The van der Waals surface area contributed by atoms with E-state index < -0.39 is 16.1 Å². The summed E-state index contributed by atoms with van der Waals surface area (Å²) in [4.78, 5) is 13.0. The molecule has 2 aromatic carbocycles. The van der Waals surface area contributed by atoms with Gasteiger partial charge in [0.15, 0.2) is 0 Å². The summed E-state index contributed by atoms with van der Waals surface area (Å²) in [6.45, 7) is 2.02. The van der Waals surface area contributed by atoms with Crippen molar-refractivity contribution in [2.24, 2.45) is 0 Å². The maximum Gasteiger partial charge on any atom is 0.244 e. The Morgan fingerprint density at radius 3 is 2.61 bits per heavy atom. The summed E-state index contributed by atoms with van der Waals surface area (Å²) in [5.41, 5.74) is 1.12. The van der Waals surface area contributed by atoms with Gasteiger partial charge in [-0.3, -0.25) is 4.79 Å². The van der Waals surface area contributed by atoms with Crippen molar-refractivity contribution in [3.8, 4) is 11.5 Å². The number of ether oxygens (including phenoxy) is 2. The molecular weight excluding hydrogens is 380 g/mol. The van der Waals surface area contributed by atoms with E-state index in [2.05, 4.69) is 5.32 Å². The minimum absolute atomic E-state index is 0.156. The Kier molecular flexibility index (Phi) is 5.90. The number of benzene rings is 2. The van der Waals surface area contributed by atoms with Crippen molar-refractivity contribution in [1.29, 1.82) is 0 Å². The van der Waals surface area contributed by atoms with Crippen molar-refractivity contribution in [1.82, 2.24) is 4.31 Å². The van der Waals surface area contributed by atoms with Crippen molar-refractivity contribution < 1.29 is 22.7 Å². The van der Waals surface area contributed by atoms with Gasteiger partial charge in [0.05, 0.1) is 24.8 Å². The molecule has 28 heavy (non-hydrogen) atoms. The Morgan fingerprint density at radius 1 is 1.14 bits per heavy atom. The highest BCUT2D eigenvalue weighted by atomic mass is 32.2. The molecule has 1 fully saturated rings. The molecule has 1 atom stereocenters. The van der Waals surface area contributed by atoms with Crippen LogP contribution in [0, 0.1) is 6.92 Å². The molecule has 1 aliphatic rings. The lowest BCUT2D eigenvalue weighted by molar-refractivity contribution is -0.119. The lowest BCUT2D eigenvalue weighted by Crippen LogP contribution is -2.43. The fraction of sp³-hybridized carbons (Fsp3) is 0.350. The zero-order chi connectivity index (χ0) is 20.3. The Hall–Kier alpha value is -2.58. The van der Waals surface area contributed by atoms with E-state index in [9.17, 15) is 13.2 Å². The molecule has 1 heterocycles. The summed E-state index contributed by atoms with van der Waals surface area (Å²) in [5, 5.41) is 2.80. The zero-order valence-electron chi connectivity index (χ0n) is 16.1. The van der Waals surface area contributed by atoms with Crippen LogP contribution in [0.3, 0.4) is 0 Å². The van der Waals surface area contributed by atoms with Gasteiger partial charge in [-0.05, 0) is 43.5 Å². The highest BCUT2D eigenvalue weighted by Gasteiger charge is 2.40. The SMILES string of the molecule is COc1ccc(C)c(S(=O)(=O)N2CCC[C@@H]2C(=O)Nc2ccccc2OC)c1. The van der Waals surface area contributed by atoms with Crippen LogP contribution < -0.4 is 14.8 Å². The quantitative estimate of drug-likeness (QED) is 0.800. The Bertz CT molecular complexity index is 974. The van der Waals surface area contributed by atoms with Gasteiger partial charge >= 0.3 is 0 Å². The number of methoxy groups -OCH3 is 2. The van der Waals surface area contributed by atoms with E-state index in [-0.39, 0.29) is 10.8 Å². The fourth-order valence-electron chi connectivity index (χ4n) is 3.37. The second-order valence-electron chi connectivity index (χ2n) is 6.59. The number of carbonyl (C=O) groups is 1. The van der Waals surface area contributed by atoms with Crippen LogP contribution in [0.1, 0.15) is 18.4 Å². The van der Waals surface area contributed by atoms with Gasteiger partial charge in [0.1, 0.15) is 17.5 Å². The lowest BCUT2D eigenvalue weighted by Gasteiger charge is -2.24. The van der Waals surface area contributed by atoms with Crippen molar-refractivity contribution in [2.75, 3.05) is 26.1 Å². The van der Waals surface area contributed by atoms with E-state index in [1.165, 1.54) is 24.6 Å². The molecule has 0 bridgehead atoms. The molecule has 3 rings (SSSR count). The van der Waals surface area contributed by atoms with Gasteiger partial charge in [-0.1, -0.05) is 18.2 Å². The summed E-state index contributed by atoms with van der Waals surface area (Å²) < 4.78 is 38.3. The molecule has 0 aliphatic carbocycles. The number of anilines is 1. The molecule has 1 saturated heterocycles. The molecule has 0 saturated carbocycles. The number of sulfonamides is 1. The van der Waals surface area contributed by atoms with E-state index in [0.717, 1.165) is 0 Å². The molecular formula is C20H24N2O5S. The molecule has 0 radical (unpaired) electrons. The number of rotatable bonds is 6. The summed E-state index contributed by atoms with van der Waals surface area (Å²) in [7, 11) is -0.840. The molecule has 150 valence electrons. The van der Waals surface area contributed by atoms with Crippen LogP contribution in [0.25, 0.3) is 0 Å². The van der Waals surface area contributed by atoms with Crippen molar-refractivity contribution >= 4 is 21.6 Å². The van der Waals surface area contributed by atoms with Gasteiger partial charge in [-0.2, -0.15) is 4.31 Å². The third-order valence-electron chi connectivity index (χ3n) is 4.85. The first-order valence-electron chi connectivity index (χ1n) is 8.99. The largest absolute Gasteiger partial charge is 0.497 e. The van der Waals surface area contributed by atoms with Crippen LogP contribution in [0.4, 0.5) is 5.69 Å². The molecule has 1 N–H and O–H groups in total. The second kappa shape index (κ2) is 8.20. The number of para-hydroxylation sites is 2. The zero-order valence-corrected chi connectivity index (χ0v) is 17.0. The van der Waals surface area contributed by atoms with Crippen LogP contribution in [0.2, 0.25) is 0 Å². The van der Waals surface area contributed by atoms with Gasteiger partial charge < -0.3 is 14.8 Å². The van der Waals surface area contributed by atoms with Crippen LogP contribution in [-0.4, -0.2) is 45.4 Å². The molecule has 0 unspecified atom stereocenters. The number of nitrogens with one attached hydrogen (secondary N) is 1. The monoisotopic (exact) mass is 404 g/mol. The van der Waals surface area contributed by atoms with Gasteiger partial charge in [0.2, 0.25) is 15.9 Å². The summed E-state index contributed by atoms with van der Waals surface area (Å²) in [6.07, 6.45) is 1.08. The lowest BCUT2D eigenvalue weighted by atomic mass is 10.2. The Balaban J connectivity index is 1.89. The average molecular weight is 404 g/mol. The van der Waals surface area contributed by atoms with E-state index >= 15 is 0 Å². The number of hydrogen-bond donors (Lipinski definition) is 1. The van der Waals surface area contributed by atoms with Crippen molar-refractivity contribution in [2.45, 2.75) is 30.7 Å². The first kappa shape index (κ1) is 20.2. The predicted octanol–water partition coefficient (Wildman–Crippen LogP) is 2.80. The molecule has 0 aromatic heterocycles. The van der Waals surface area contributed by atoms with Crippen LogP contribution in [-0.2, 0) is 14.8 Å². The molecule has 1 aliphatic heterocycles. The van der Waals surface area contributed by atoms with Gasteiger partial charge in [0.25, 0.3) is 0 Å². The Labute approximate surface area is 165 Å². The smallest absolute Gasteiger partial charge is 0.244 e. The molecule has 1 amide bonds. The maximum atomic E-state index is 13.3. The first-order chi connectivity index (χ1) is 13.4. The normalized spacial score (nSPS) is 17.3. The highest BCUT2D eigenvalue weighted by molar-refractivity contribution is 7.89.